The quantitative estimate of drug-likeness (QED) is 0.633. The molecule has 0 aliphatic heterocycles. The van der Waals surface area contributed by atoms with E-state index in [1.807, 2.05) is 56.1 Å². The molecule has 0 spiro atoms. The number of allylic oxidation sites excluding steroid dienone is 2. The van der Waals surface area contributed by atoms with E-state index in [4.69, 9.17) is 9.47 Å². The minimum atomic E-state index is -0.128. The fourth-order valence-corrected chi connectivity index (χ4v) is 3.07. The molecular weight excluding hydrogens is 344 g/mol. The molecule has 0 aromatic heterocycles. The summed E-state index contributed by atoms with van der Waals surface area (Å²) in [6, 6.07) is 3.88. The lowest BCUT2D eigenvalue weighted by Crippen LogP contribution is -2.16. The molecule has 0 unspecified atom stereocenters. The molecule has 6 heteroatoms. The first-order valence-corrected chi connectivity index (χ1v) is 8.78. The van der Waals surface area contributed by atoms with Gasteiger partial charge in [-0.05, 0) is 35.4 Å². The van der Waals surface area contributed by atoms with Crippen molar-refractivity contribution in [1.82, 2.24) is 5.32 Å². The van der Waals surface area contributed by atoms with E-state index in [-0.39, 0.29) is 13.2 Å². The van der Waals surface area contributed by atoms with Gasteiger partial charge in [-0.25, -0.2) is 4.58 Å². The SMILES string of the molecule is CNCc1cc(CO)c(C=C2C(OC)=CC(=[N+](C)C)C=C2OC)c(CO)c1. The largest absolute Gasteiger partial charge is 0.496 e. The van der Waals surface area contributed by atoms with Crippen molar-refractivity contribution < 1.29 is 24.3 Å². The molecule has 1 aliphatic carbocycles. The predicted molar refractivity (Wildman–Crippen MR) is 106 cm³/mol. The third-order valence-corrected chi connectivity index (χ3v) is 4.47. The Morgan fingerprint density at radius 3 is 1.89 bits per heavy atom. The third-order valence-electron chi connectivity index (χ3n) is 4.47. The second-order valence-corrected chi connectivity index (χ2v) is 6.48. The summed E-state index contributed by atoms with van der Waals surface area (Å²) in [5, 5.41) is 22.9. The number of aliphatic hydroxyl groups excluding tert-OH is 2. The van der Waals surface area contributed by atoms with Crippen LogP contribution in [0, 0.1) is 0 Å². The Morgan fingerprint density at radius 1 is 1.00 bits per heavy atom. The first kappa shape index (κ1) is 20.9. The fourth-order valence-electron chi connectivity index (χ4n) is 3.07. The van der Waals surface area contributed by atoms with Crippen molar-refractivity contribution in [2.24, 2.45) is 0 Å². The van der Waals surface area contributed by atoms with Crippen molar-refractivity contribution >= 4 is 11.8 Å². The molecule has 6 nitrogen and oxygen atoms in total. The van der Waals surface area contributed by atoms with Crippen molar-refractivity contribution in [3.8, 4) is 0 Å². The summed E-state index contributed by atoms with van der Waals surface area (Å²) in [7, 11) is 8.99. The van der Waals surface area contributed by atoms with Gasteiger partial charge in [0.25, 0.3) is 0 Å². The van der Waals surface area contributed by atoms with Gasteiger partial charge in [0.1, 0.15) is 25.6 Å². The second kappa shape index (κ2) is 9.50. The van der Waals surface area contributed by atoms with E-state index in [2.05, 4.69) is 5.32 Å². The summed E-state index contributed by atoms with van der Waals surface area (Å²) in [6.45, 7) is 0.401. The lowest BCUT2D eigenvalue weighted by atomic mass is 9.93. The van der Waals surface area contributed by atoms with Crippen LogP contribution < -0.4 is 5.32 Å². The van der Waals surface area contributed by atoms with Crippen LogP contribution >= 0.6 is 0 Å². The lowest BCUT2D eigenvalue weighted by molar-refractivity contribution is -0.462. The van der Waals surface area contributed by atoms with Crippen LogP contribution in [0.4, 0.5) is 0 Å². The Balaban J connectivity index is 2.67. The molecule has 0 fully saturated rings. The first-order valence-electron chi connectivity index (χ1n) is 8.78. The summed E-state index contributed by atoms with van der Waals surface area (Å²) in [6.07, 6.45) is 5.76. The van der Waals surface area contributed by atoms with Gasteiger partial charge in [0.2, 0.25) is 5.71 Å². The molecule has 0 saturated carbocycles. The molecule has 1 aromatic rings. The van der Waals surface area contributed by atoms with Crippen LogP contribution in [0.15, 0.2) is 41.4 Å². The molecule has 0 amide bonds. The maximum atomic E-state index is 9.89. The van der Waals surface area contributed by atoms with E-state index in [0.717, 1.165) is 33.5 Å². The molecule has 1 aromatic carbocycles. The van der Waals surface area contributed by atoms with Crippen LogP contribution in [-0.4, -0.2) is 55.9 Å². The Bertz CT molecular complexity index is 764. The zero-order chi connectivity index (χ0) is 20.0. The second-order valence-electron chi connectivity index (χ2n) is 6.48. The first-order chi connectivity index (χ1) is 13.0. The molecule has 0 heterocycles. The molecule has 0 radical (unpaired) electrons. The van der Waals surface area contributed by atoms with Crippen LogP contribution in [0.25, 0.3) is 6.08 Å². The maximum Gasteiger partial charge on any atom is 0.206 e. The normalized spacial score (nSPS) is 13.9. The number of nitrogens with zero attached hydrogens (tertiary/aromatic N) is 1. The van der Waals surface area contributed by atoms with Crippen molar-refractivity contribution in [2.45, 2.75) is 19.8 Å². The number of ether oxygens (including phenoxy) is 2. The summed E-state index contributed by atoms with van der Waals surface area (Å²) in [5.41, 5.74) is 4.98. The third kappa shape index (κ3) is 4.66. The van der Waals surface area contributed by atoms with Crippen molar-refractivity contribution in [2.75, 3.05) is 35.4 Å². The van der Waals surface area contributed by atoms with Gasteiger partial charge in [-0.1, -0.05) is 12.1 Å². The van der Waals surface area contributed by atoms with Crippen LogP contribution in [0.3, 0.4) is 0 Å². The van der Waals surface area contributed by atoms with Gasteiger partial charge >= 0.3 is 0 Å². The van der Waals surface area contributed by atoms with Gasteiger partial charge < -0.3 is 25.0 Å². The summed E-state index contributed by atoms with van der Waals surface area (Å²) < 4.78 is 13.1. The number of benzene rings is 1. The maximum absolute atomic E-state index is 9.89. The smallest absolute Gasteiger partial charge is 0.206 e. The monoisotopic (exact) mass is 373 g/mol. The Labute approximate surface area is 160 Å². The predicted octanol–water partition coefficient (Wildman–Crippen LogP) is 1.56. The van der Waals surface area contributed by atoms with Crippen LogP contribution in [0.5, 0.6) is 0 Å². The molecule has 27 heavy (non-hydrogen) atoms. The molecule has 2 rings (SSSR count). The van der Waals surface area contributed by atoms with E-state index in [1.165, 1.54) is 0 Å². The number of rotatable bonds is 7. The zero-order valence-corrected chi connectivity index (χ0v) is 16.7. The fraction of sp³-hybridized carbons (Fsp3) is 0.381. The van der Waals surface area contributed by atoms with E-state index < -0.39 is 0 Å². The van der Waals surface area contributed by atoms with Gasteiger partial charge in [-0.2, -0.15) is 0 Å². The Kier molecular flexibility index (Phi) is 7.36. The number of aliphatic hydroxyl groups is 2. The van der Waals surface area contributed by atoms with Crippen LogP contribution in [0.1, 0.15) is 22.3 Å². The molecule has 3 N–H and O–H groups in total. The molecule has 146 valence electrons. The summed E-state index contributed by atoms with van der Waals surface area (Å²) >= 11 is 0. The average molecular weight is 373 g/mol. The number of hydrogen-bond donors (Lipinski definition) is 3. The summed E-state index contributed by atoms with van der Waals surface area (Å²) in [4.78, 5) is 0. The van der Waals surface area contributed by atoms with Crippen molar-refractivity contribution in [3.05, 3.63) is 63.6 Å². The van der Waals surface area contributed by atoms with Gasteiger partial charge in [-0.3, -0.25) is 0 Å². The van der Waals surface area contributed by atoms with E-state index >= 15 is 0 Å². The standard InChI is InChI=1S/C21H29N2O4/c1-22-11-14-6-15(12-24)18(16(7-14)13-25)10-19-20(26-4)8-17(23(2)3)9-21(19)27-5/h6-10,22,24-25H,11-13H2,1-5H3/q+1. The number of nitrogens with one attached hydrogen (secondary N) is 1. The van der Waals surface area contributed by atoms with Crippen LogP contribution in [-0.2, 0) is 29.2 Å². The van der Waals surface area contributed by atoms with Gasteiger partial charge in [0, 0.05) is 6.54 Å². The van der Waals surface area contributed by atoms with Gasteiger partial charge in [0.15, 0.2) is 0 Å². The zero-order valence-electron chi connectivity index (χ0n) is 16.7. The van der Waals surface area contributed by atoms with Gasteiger partial charge in [0.05, 0.1) is 45.2 Å². The Morgan fingerprint density at radius 2 is 1.52 bits per heavy atom. The lowest BCUT2D eigenvalue weighted by Gasteiger charge is -2.19. The number of methoxy groups -OCH3 is 2. The number of hydrogen-bond acceptors (Lipinski definition) is 5. The highest BCUT2D eigenvalue weighted by atomic mass is 16.5. The van der Waals surface area contributed by atoms with Crippen molar-refractivity contribution in [3.63, 3.8) is 0 Å². The van der Waals surface area contributed by atoms with E-state index in [1.54, 1.807) is 14.2 Å². The van der Waals surface area contributed by atoms with Crippen LogP contribution in [0.2, 0.25) is 0 Å². The highest BCUT2D eigenvalue weighted by Crippen LogP contribution is 2.30. The molecule has 0 atom stereocenters. The highest BCUT2D eigenvalue weighted by molar-refractivity contribution is 6.04. The molecule has 0 bridgehead atoms. The highest BCUT2D eigenvalue weighted by Gasteiger charge is 2.23. The van der Waals surface area contributed by atoms with Crippen molar-refractivity contribution in [1.29, 1.82) is 0 Å². The molecular formula is C21H29N2O4+. The topological polar surface area (TPSA) is 74.0 Å². The molecule has 0 saturated heterocycles. The minimum absolute atomic E-state index is 0.128. The minimum Gasteiger partial charge on any atom is -0.496 e. The average Bonchev–Trinajstić information content (AvgIpc) is 2.68. The molecule has 1 aliphatic rings. The van der Waals surface area contributed by atoms with E-state index in [0.29, 0.717) is 18.1 Å². The Hall–Kier alpha value is -2.41. The van der Waals surface area contributed by atoms with Gasteiger partial charge in [-0.15, -0.1) is 0 Å². The summed E-state index contributed by atoms with van der Waals surface area (Å²) in [5.74, 6) is 1.32. The van der Waals surface area contributed by atoms with E-state index in [9.17, 15) is 10.2 Å².